The van der Waals surface area contributed by atoms with E-state index in [1.165, 1.54) is 6.33 Å². The topological polar surface area (TPSA) is 67.4 Å². The zero-order valence-corrected chi connectivity index (χ0v) is 12.0. The quantitative estimate of drug-likeness (QED) is 0.837. The molecule has 1 N–H and O–H groups in total. The van der Waals surface area contributed by atoms with Gasteiger partial charge in [-0.05, 0) is 0 Å². The van der Waals surface area contributed by atoms with Gasteiger partial charge in [-0.1, -0.05) is 34.8 Å². The highest BCUT2D eigenvalue weighted by atomic mass is 35.6. The molecule has 1 aliphatic rings. The van der Waals surface area contributed by atoms with E-state index < -0.39 is 9.70 Å². The zero-order chi connectivity index (χ0) is 13.9. The summed E-state index contributed by atoms with van der Waals surface area (Å²) in [7, 11) is 0. The molecule has 0 bridgehead atoms. The van der Waals surface area contributed by atoms with E-state index in [-0.39, 0.29) is 5.82 Å². The number of carbonyl (C=O) groups is 1. The number of hydrogen-bond acceptors (Lipinski definition) is 5. The van der Waals surface area contributed by atoms with Gasteiger partial charge in [0, 0.05) is 19.2 Å². The first-order chi connectivity index (χ1) is 8.97. The van der Waals surface area contributed by atoms with Crippen LogP contribution >= 0.6 is 34.8 Å². The number of carbonyl (C=O) groups excluding carboxylic acids is 1. The fourth-order valence-corrected chi connectivity index (χ4v) is 1.71. The lowest BCUT2D eigenvalue weighted by molar-refractivity contribution is -0.115. The second kappa shape index (κ2) is 6.09. The van der Waals surface area contributed by atoms with Crippen molar-refractivity contribution in [3.05, 3.63) is 12.4 Å². The van der Waals surface area contributed by atoms with E-state index in [1.807, 2.05) is 4.90 Å². The number of alkyl halides is 3. The highest BCUT2D eigenvalue weighted by molar-refractivity contribution is 6.76. The van der Waals surface area contributed by atoms with Crippen LogP contribution in [0.2, 0.25) is 0 Å². The molecule has 0 aromatic carbocycles. The fourth-order valence-electron chi connectivity index (χ4n) is 1.57. The average molecular weight is 326 g/mol. The Hall–Kier alpha value is -0.820. The van der Waals surface area contributed by atoms with Gasteiger partial charge in [-0.15, -0.1) is 0 Å². The lowest BCUT2D eigenvalue weighted by atomic mass is 10.4. The van der Waals surface area contributed by atoms with Crippen molar-refractivity contribution in [2.45, 2.75) is 3.79 Å². The van der Waals surface area contributed by atoms with E-state index in [9.17, 15) is 4.79 Å². The molecule has 9 heteroatoms. The Kier molecular flexibility index (Phi) is 4.67. The minimum atomic E-state index is -2.02. The van der Waals surface area contributed by atoms with Crippen LogP contribution in [0.4, 0.5) is 11.6 Å². The van der Waals surface area contributed by atoms with Crippen LogP contribution in [0.3, 0.4) is 0 Å². The molecule has 0 saturated carbocycles. The summed E-state index contributed by atoms with van der Waals surface area (Å²) in [6.07, 6.45) is 1.35. The van der Waals surface area contributed by atoms with Crippen LogP contribution < -0.4 is 10.2 Å². The Bertz CT molecular complexity index is 460. The molecule has 0 unspecified atom stereocenters. The van der Waals surface area contributed by atoms with Gasteiger partial charge in [0.15, 0.2) is 0 Å². The second-order valence-electron chi connectivity index (χ2n) is 3.81. The average Bonchev–Trinajstić information content (AvgIpc) is 2.39. The van der Waals surface area contributed by atoms with Gasteiger partial charge in [0.1, 0.15) is 18.0 Å². The zero-order valence-electron chi connectivity index (χ0n) is 9.78. The molecule has 1 aromatic heterocycles. The first kappa shape index (κ1) is 14.6. The van der Waals surface area contributed by atoms with Crippen molar-refractivity contribution in [3.63, 3.8) is 0 Å². The van der Waals surface area contributed by atoms with Crippen LogP contribution in [0.5, 0.6) is 0 Å². The Labute approximate surface area is 125 Å². The highest BCUT2D eigenvalue weighted by Crippen LogP contribution is 2.27. The van der Waals surface area contributed by atoms with Gasteiger partial charge < -0.3 is 15.0 Å². The molecule has 1 saturated heterocycles. The van der Waals surface area contributed by atoms with Crippen molar-refractivity contribution in [2.75, 3.05) is 36.5 Å². The first-order valence-corrected chi connectivity index (χ1v) is 6.63. The molecule has 19 heavy (non-hydrogen) atoms. The third-order valence-electron chi connectivity index (χ3n) is 2.49. The van der Waals surface area contributed by atoms with Gasteiger partial charge in [-0.3, -0.25) is 4.79 Å². The van der Waals surface area contributed by atoms with Crippen LogP contribution in [-0.4, -0.2) is 46.0 Å². The minimum Gasteiger partial charge on any atom is -0.378 e. The van der Waals surface area contributed by atoms with Crippen LogP contribution in [0.1, 0.15) is 0 Å². The number of rotatable bonds is 2. The molecule has 1 fully saturated rings. The Morgan fingerprint density at radius 1 is 1.32 bits per heavy atom. The number of ether oxygens (including phenoxy) is 1. The second-order valence-corrected chi connectivity index (χ2v) is 6.09. The monoisotopic (exact) mass is 324 g/mol. The van der Waals surface area contributed by atoms with Crippen molar-refractivity contribution in [1.29, 1.82) is 0 Å². The van der Waals surface area contributed by atoms with Gasteiger partial charge in [0.25, 0.3) is 9.70 Å². The summed E-state index contributed by atoms with van der Waals surface area (Å²) in [5.41, 5.74) is 0. The molecular formula is C10H11Cl3N4O2. The molecule has 0 spiro atoms. The van der Waals surface area contributed by atoms with Crippen molar-refractivity contribution in [3.8, 4) is 0 Å². The van der Waals surface area contributed by atoms with Gasteiger partial charge in [-0.2, -0.15) is 0 Å². The molecule has 0 radical (unpaired) electrons. The van der Waals surface area contributed by atoms with Crippen molar-refractivity contribution >= 4 is 52.3 Å². The number of halogens is 3. The summed E-state index contributed by atoms with van der Waals surface area (Å²) in [5, 5.41) is 2.42. The van der Waals surface area contributed by atoms with Crippen molar-refractivity contribution in [2.24, 2.45) is 0 Å². The molecule has 1 amide bonds. The smallest absolute Gasteiger partial charge is 0.277 e. The summed E-state index contributed by atoms with van der Waals surface area (Å²) in [5.74, 6) is 0.217. The fraction of sp³-hybridized carbons (Fsp3) is 0.500. The molecule has 104 valence electrons. The van der Waals surface area contributed by atoms with Crippen LogP contribution in [0.15, 0.2) is 12.4 Å². The maximum absolute atomic E-state index is 11.5. The number of morpholine rings is 1. The maximum atomic E-state index is 11.5. The lowest BCUT2D eigenvalue weighted by Gasteiger charge is -2.27. The predicted molar refractivity (Wildman–Crippen MR) is 74.0 cm³/mol. The van der Waals surface area contributed by atoms with Crippen LogP contribution in [0.25, 0.3) is 0 Å². The van der Waals surface area contributed by atoms with E-state index in [4.69, 9.17) is 39.5 Å². The number of amides is 1. The number of hydrogen-bond donors (Lipinski definition) is 1. The summed E-state index contributed by atoms with van der Waals surface area (Å²) >= 11 is 16.4. The van der Waals surface area contributed by atoms with Gasteiger partial charge in [-0.25, -0.2) is 9.97 Å². The number of aromatic nitrogens is 2. The summed E-state index contributed by atoms with van der Waals surface area (Å²) in [6, 6.07) is 1.62. The lowest BCUT2D eigenvalue weighted by Crippen LogP contribution is -2.37. The van der Waals surface area contributed by atoms with Crippen LogP contribution in [-0.2, 0) is 9.53 Å². The van der Waals surface area contributed by atoms with Gasteiger partial charge in [0.2, 0.25) is 0 Å². The summed E-state index contributed by atoms with van der Waals surface area (Å²) in [4.78, 5) is 21.6. The van der Waals surface area contributed by atoms with E-state index in [2.05, 4.69) is 15.3 Å². The standard InChI is InChI=1S/C10H11Cl3N4O2/c11-10(12,13)9(18)16-7-5-8(15-6-14-7)17-1-3-19-4-2-17/h5-6H,1-4H2,(H,14,15,16,18). The first-order valence-electron chi connectivity index (χ1n) is 5.50. The van der Waals surface area contributed by atoms with E-state index in [0.717, 1.165) is 13.1 Å². The molecule has 2 heterocycles. The third kappa shape index (κ3) is 4.07. The Balaban J connectivity index is 2.08. The largest absolute Gasteiger partial charge is 0.378 e. The van der Waals surface area contributed by atoms with E-state index in [0.29, 0.717) is 19.0 Å². The van der Waals surface area contributed by atoms with Crippen molar-refractivity contribution in [1.82, 2.24) is 9.97 Å². The van der Waals surface area contributed by atoms with Crippen LogP contribution in [0, 0.1) is 0 Å². The summed E-state index contributed by atoms with van der Waals surface area (Å²) in [6.45, 7) is 2.74. The third-order valence-corrected chi connectivity index (χ3v) is 3.00. The maximum Gasteiger partial charge on any atom is 0.277 e. The van der Waals surface area contributed by atoms with Gasteiger partial charge >= 0.3 is 0 Å². The van der Waals surface area contributed by atoms with Gasteiger partial charge in [0.05, 0.1) is 13.2 Å². The molecular weight excluding hydrogens is 314 g/mol. The number of nitrogens with zero attached hydrogens (tertiary/aromatic N) is 3. The van der Waals surface area contributed by atoms with Crippen molar-refractivity contribution < 1.29 is 9.53 Å². The Morgan fingerprint density at radius 3 is 2.63 bits per heavy atom. The number of nitrogens with one attached hydrogen (secondary N) is 1. The predicted octanol–water partition coefficient (Wildman–Crippen LogP) is 1.62. The Morgan fingerprint density at radius 2 is 2.00 bits per heavy atom. The van der Waals surface area contributed by atoms with E-state index in [1.54, 1.807) is 6.07 Å². The molecule has 0 atom stereocenters. The minimum absolute atomic E-state index is 0.285. The number of anilines is 2. The molecule has 2 rings (SSSR count). The molecule has 6 nitrogen and oxygen atoms in total. The highest BCUT2D eigenvalue weighted by Gasteiger charge is 2.31. The molecule has 1 aliphatic heterocycles. The summed E-state index contributed by atoms with van der Waals surface area (Å²) < 4.78 is 3.23. The molecule has 0 aliphatic carbocycles. The molecule has 1 aromatic rings. The SMILES string of the molecule is O=C(Nc1cc(N2CCOCC2)ncn1)C(Cl)(Cl)Cl. The van der Waals surface area contributed by atoms with E-state index >= 15 is 0 Å². The normalized spacial score (nSPS) is 16.3.